The van der Waals surface area contributed by atoms with Crippen LogP contribution >= 0.6 is 0 Å². The molecule has 6 heteroatoms. The number of carboxylic acid groups (broad SMARTS) is 1. The zero-order valence-electron chi connectivity index (χ0n) is 13.2. The fraction of sp³-hybridized carbons (Fsp3) is 0.867. The van der Waals surface area contributed by atoms with E-state index in [2.05, 4.69) is 24.5 Å². The molecule has 0 aromatic rings. The van der Waals surface area contributed by atoms with Crippen molar-refractivity contribution in [3.63, 3.8) is 0 Å². The molecule has 1 atom stereocenters. The number of nitrogens with zero attached hydrogens (tertiary/aromatic N) is 1. The van der Waals surface area contributed by atoms with Gasteiger partial charge in [-0.2, -0.15) is 0 Å². The molecule has 2 saturated carbocycles. The minimum absolute atomic E-state index is 0.0802. The average Bonchev–Trinajstić information content (AvgIpc) is 2.96. The van der Waals surface area contributed by atoms with Crippen LogP contribution in [0.3, 0.4) is 0 Å². The van der Waals surface area contributed by atoms with Gasteiger partial charge in [-0.25, -0.2) is 4.79 Å². The maximum Gasteiger partial charge on any atom is 0.317 e. The van der Waals surface area contributed by atoms with Gasteiger partial charge < -0.3 is 15.7 Å². The van der Waals surface area contributed by atoms with Gasteiger partial charge in [0.1, 0.15) is 0 Å². The molecule has 2 fully saturated rings. The molecule has 1 unspecified atom stereocenters. The minimum atomic E-state index is -0.793. The largest absolute Gasteiger partial charge is 0.480 e. The Morgan fingerprint density at radius 2 is 1.95 bits per heavy atom. The highest BCUT2D eigenvalue weighted by Crippen LogP contribution is 2.50. The van der Waals surface area contributed by atoms with Crippen LogP contribution in [0.4, 0.5) is 4.79 Å². The number of carbonyl (C=O) groups is 2. The van der Waals surface area contributed by atoms with Crippen LogP contribution in [0.5, 0.6) is 0 Å². The molecular weight excluding hydrogens is 270 g/mol. The van der Waals surface area contributed by atoms with Crippen molar-refractivity contribution in [1.29, 1.82) is 0 Å². The predicted molar refractivity (Wildman–Crippen MR) is 80.1 cm³/mol. The SMILES string of the molecule is CCN(CC(=O)O)C1CC(NC(=O)NCC2CC2(C)C)C1. The Hall–Kier alpha value is -1.30. The van der Waals surface area contributed by atoms with Gasteiger partial charge in [-0.1, -0.05) is 20.8 Å². The van der Waals surface area contributed by atoms with Gasteiger partial charge >= 0.3 is 12.0 Å². The lowest BCUT2D eigenvalue weighted by molar-refractivity contribution is -0.139. The number of likely N-dealkylation sites (N-methyl/N-ethyl adjacent to an activating group) is 1. The first-order chi connectivity index (χ1) is 9.81. The van der Waals surface area contributed by atoms with E-state index in [9.17, 15) is 9.59 Å². The molecule has 0 aromatic carbocycles. The molecule has 0 aliphatic heterocycles. The summed E-state index contributed by atoms with van der Waals surface area (Å²) in [6, 6.07) is 0.353. The lowest BCUT2D eigenvalue weighted by atomic mass is 9.85. The average molecular weight is 297 g/mol. The highest BCUT2D eigenvalue weighted by molar-refractivity contribution is 5.74. The minimum Gasteiger partial charge on any atom is -0.480 e. The Morgan fingerprint density at radius 3 is 2.43 bits per heavy atom. The molecular formula is C15H27N3O3. The van der Waals surface area contributed by atoms with Crippen molar-refractivity contribution in [2.45, 2.75) is 52.1 Å². The maximum atomic E-state index is 11.8. The number of aliphatic carboxylic acids is 1. The number of hydrogen-bond donors (Lipinski definition) is 3. The molecule has 0 aromatic heterocycles. The van der Waals surface area contributed by atoms with Gasteiger partial charge in [-0.15, -0.1) is 0 Å². The molecule has 2 amide bonds. The fourth-order valence-corrected chi connectivity index (χ4v) is 3.05. The summed E-state index contributed by atoms with van der Waals surface area (Å²) in [5, 5.41) is 14.7. The Morgan fingerprint density at radius 1 is 1.33 bits per heavy atom. The third-order valence-electron chi connectivity index (χ3n) is 4.94. The first-order valence-corrected chi connectivity index (χ1v) is 7.82. The van der Waals surface area contributed by atoms with Crippen LogP contribution in [0.15, 0.2) is 0 Å². The summed E-state index contributed by atoms with van der Waals surface area (Å²) in [4.78, 5) is 24.5. The monoisotopic (exact) mass is 297 g/mol. The molecule has 21 heavy (non-hydrogen) atoms. The molecule has 2 aliphatic rings. The summed E-state index contributed by atoms with van der Waals surface area (Å²) < 4.78 is 0. The van der Waals surface area contributed by atoms with Gasteiger partial charge in [0.2, 0.25) is 0 Å². The third kappa shape index (κ3) is 4.33. The number of amides is 2. The van der Waals surface area contributed by atoms with Crippen molar-refractivity contribution >= 4 is 12.0 Å². The lowest BCUT2D eigenvalue weighted by Gasteiger charge is -2.42. The predicted octanol–water partition coefficient (Wildman–Crippen LogP) is 1.27. The Labute approximate surface area is 126 Å². The topological polar surface area (TPSA) is 81.7 Å². The van der Waals surface area contributed by atoms with Gasteiger partial charge in [0, 0.05) is 18.6 Å². The summed E-state index contributed by atoms with van der Waals surface area (Å²) >= 11 is 0. The van der Waals surface area contributed by atoms with E-state index in [0.29, 0.717) is 11.3 Å². The van der Waals surface area contributed by atoms with E-state index < -0.39 is 5.97 Å². The molecule has 0 radical (unpaired) electrons. The van der Waals surface area contributed by atoms with E-state index in [-0.39, 0.29) is 24.7 Å². The molecule has 0 saturated heterocycles. The molecule has 2 aliphatic carbocycles. The van der Waals surface area contributed by atoms with Gasteiger partial charge in [-0.3, -0.25) is 9.69 Å². The smallest absolute Gasteiger partial charge is 0.317 e. The van der Waals surface area contributed by atoms with Crippen molar-refractivity contribution in [2.24, 2.45) is 11.3 Å². The standard InChI is InChI=1S/C15H27N3O3/c1-4-18(9-13(19)20)12-5-11(6-12)17-14(21)16-8-10-7-15(10,2)3/h10-12H,4-9H2,1-3H3,(H,19,20)(H2,16,17,21). The van der Waals surface area contributed by atoms with Crippen LogP contribution in [0.2, 0.25) is 0 Å². The van der Waals surface area contributed by atoms with Crippen LogP contribution in [0, 0.1) is 11.3 Å². The molecule has 0 bridgehead atoms. The molecule has 6 nitrogen and oxygen atoms in total. The normalized spacial score (nSPS) is 29.6. The number of hydrogen-bond acceptors (Lipinski definition) is 3. The number of urea groups is 1. The van der Waals surface area contributed by atoms with Crippen LogP contribution in [0.25, 0.3) is 0 Å². The number of carbonyl (C=O) groups excluding carboxylic acids is 1. The zero-order valence-corrected chi connectivity index (χ0v) is 13.2. The van der Waals surface area contributed by atoms with E-state index in [1.807, 2.05) is 11.8 Å². The van der Waals surface area contributed by atoms with Gasteiger partial charge in [0.25, 0.3) is 0 Å². The Balaban J connectivity index is 1.61. The first kappa shape index (κ1) is 16.1. The van der Waals surface area contributed by atoms with Crippen LogP contribution in [0.1, 0.15) is 40.0 Å². The van der Waals surface area contributed by atoms with E-state index >= 15 is 0 Å². The van der Waals surface area contributed by atoms with E-state index in [1.165, 1.54) is 6.42 Å². The summed E-state index contributed by atoms with van der Waals surface area (Å²) in [5.74, 6) is -0.193. The molecule has 120 valence electrons. The van der Waals surface area contributed by atoms with E-state index in [0.717, 1.165) is 25.9 Å². The second-order valence-corrected chi connectivity index (χ2v) is 7.02. The second-order valence-electron chi connectivity index (χ2n) is 7.02. The zero-order chi connectivity index (χ0) is 15.6. The lowest BCUT2D eigenvalue weighted by Crippen LogP contribution is -2.56. The number of carboxylic acids is 1. The molecule has 3 N–H and O–H groups in total. The molecule has 0 spiro atoms. The van der Waals surface area contributed by atoms with Crippen molar-refractivity contribution in [3.8, 4) is 0 Å². The summed E-state index contributed by atoms with van der Waals surface area (Å²) in [6.07, 6.45) is 2.85. The summed E-state index contributed by atoms with van der Waals surface area (Å²) in [7, 11) is 0. The summed E-state index contributed by atoms with van der Waals surface area (Å²) in [6.45, 7) is 7.96. The number of nitrogens with one attached hydrogen (secondary N) is 2. The highest BCUT2D eigenvalue weighted by atomic mass is 16.4. The van der Waals surface area contributed by atoms with Crippen LogP contribution in [-0.2, 0) is 4.79 Å². The number of rotatable bonds is 7. The van der Waals surface area contributed by atoms with E-state index in [4.69, 9.17) is 5.11 Å². The third-order valence-corrected chi connectivity index (χ3v) is 4.94. The fourth-order valence-electron chi connectivity index (χ4n) is 3.05. The van der Waals surface area contributed by atoms with Crippen molar-refractivity contribution in [1.82, 2.24) is 15.5 Å². The second kappa shape index (κ2) is 6.22. The molecule has 2 rings (SSSR count). The summed E-state index contributed by atoms with van der Waals surface area (Å²) in [5.41, 5.74) is 0.382. The van der Waals surface area contributed by atoms with E-state index in [1.54, 1.807) is 0 Å². The van der Waals surface area contributed by atoms with Crippen molar-refractivity contribution < 1.29 is 14.7 Å². The van der Waals surface area contributed by atoms with Gasteiger partial charge in [0.15, 0.2) is 0 Å². The van der Waals surface area contributed by atoms with Gasteiger partial charge in [-0.05, 0) is 37.1 Å². The Bertz CT molecular complexity index is 405. The van der Waals surface area contributed by atoms with Crippen molar-refractivity contribution in [2.75, 3.05) is 19.6 Å². The van der Waals surface area contributed by atoms with Crippen LogP contribution < -0.4 is 10.6 Å². The quantitative estimate of drug-likeness (QED) is 0.661. The molecule has 0 heterocycles. The first-order valence-electron chi connectivity index (χ1n) is 7.82. The maximum absolute atomic E-state index is 11.8. The Kier molecular flexibility index (Phi) is 4.76. The van der Waals surface area contributed by atoms with Crippen molar-refractivity contribution in [3.05, 3.63) is 0 Å². The highest BCUT2D eigenvalue weighted by Gasteiger charge is 2.45. The van der Waals surface area contributed by atoms with Crippen LogP contribution in [-0.4, -0.2) is 53.7 Å². The van der Waals surface area contributed by atoms with Gasteiger partial charge in [0.05, 0.1) is 6.54 Å².